The molecule has 162 valence electrons. The Morgan fingerprint density at radius 2 is 1.97 bits per heavy atom. The van der Waals surface area contributed by atoms with E-state index in [1.807, 2.05) is 24.4 Å². The van der Waals surface area contributed by atoms with Gasteiger partial charge in [0.25, 0.3) is 0 Å². The predicted octanol–water partition coefficient (Wildman–Crippen LogP) is 2.41. The number of alkyl halides is 3. The largest absolute Gasteiger partial charge is 0.411 e. The lowest BCUT2D eigenvalue weighted by Gasteiger charge is -2.39. The number of rotatable bonds is 7. The van der Waals surface area contributed by atoms with Crippen LogP contribution in [0.1, 0.15) is 19.3 Å². The number of hydrogen-bond acceptors (Lipinski definition) is 5. The van der Waals surface area contributed by atoms with Gasteiger partial charge < -0.3 is 14.5 Å². The predicted molar refractivity (Wildman–Crippen MR) is 104 cm³/mol. The van der Waals surface area contributed by atoms with Gasteiger partial charge in [-0.05, 0) is 30.9 Å². The monoisotopic (exact) mass is 414 g/mol. The second-order valence-corrected chi connectivity index (χ2v) is 7.74. The van der Waals surface area contributed by atoms with Crippen molar-refractivity contribution in [3.05, 3.63) is 24.4 Å². The van der Waals surface area contributed by atoms with Crippen LogP contribution in [0.3, 0.4) is 0 Å². The first-order chi connectivity index (χ1) is 13.9. The Hall–Kier alpha value is -1.87. The summed E-state index contributed by atoms with van der Waals surface area (Å²) >= 11 is 0. The Labute approximate surface area is 169 Å². The molecule has 3 rings (SSSR count). The highest BCUT2D eigenvalue weighted by atomic mass is 19.4. The molecule has 2 saturated heterocycles. The lowest BCUT2D eigenvalue weighted by atomic mass is 9.97. The Morgan fingerprint density at radius 3 is 2.66 bits per heavy atom. The first kappa shape index (κ1) is 21.8. The van der Waals surface area contributed by atoms with Gasteiger partial charge in [0.15, 0.2) is 0 Å². The summed E-state index contributed by atoms with van der Waals surface area (Å²) in [7, 11) is 0. The Kier molecular flexibility index (Phi) is 7.71. The minimum Gasteiger partial charge on any atom is -0.372 e. The van der Waals surface area contributed by atoms with Crippen LogP contribution in [0.5, 0.6) is 0 Å². The number of carbonyl (C=O) groups is 1. The lowest BCUT2D eigenvalue weighted by molar-refractivity contribution is -0.175. The van der Waals surface area contributed by atoms with Crippen molar-refractivity contribution in [2.24, 2.45) is 5.92 Å². The zero-order valence-electron chi connectivity index (χ0n) is 16.6. The summed E-state index contributed by atoms with van der Waals surface area (Å²) in [5.74, 6) is 1.30. The number of amides is 1. The van der Waals surface area contributed by atoms with Crippen LogP contribution < -0.4 is 4.90 Å². The van der Waals surface area contributed by atoms with Crippen molar-refractivity contribution in [2.45, 2.75) is 25.4 Å². The van der Waals surface area contributed by atoms with E-state index in [-0.39, 0.29) is 18.9 Å². The van der Waals surface area contributed by atoms with Crippen LogP contribution in [0.2, 0.25) is 0 Å². The van der Waals surface area contributed by atoms with Gasteiger partial charge in [0, 0.05) is 52.0 Å². The summed E-state index contributed by atoms with van der Waals surface area (Å²) in [4.78, 5) is 23.2. The van der Waals surface area contributed by atoms with Gasteiger partial charge in [0.2, 0.25) is 5.91 Å². The van der Waals surface area contributed by atoms with E-state index in [1.165, 1.54) is 0 Å². The van der Waals surface area contributed by atoms with E-state index in [0.29, 0.717) is 19.0 Å². The third-order valence-corrected chi connectivity index (χ3v) is 5.46. The van der Waals surface area contributed by atoms with Crippen molar-refractivity contribution in [3.63, 3.8) is 0 Å². The van der Waals surface area contributed by atoms with Crippen LogP contribution in [0.4, 0.5) is 19.0 Å². The number of anilines is 1. The quantitative estimate of drug-likeness (QED) is 0.642. The summed E-state index contributed by atoms with van der Waals surface area (Å²) in [6, 6.07) is 5.94. The van der Waals surface area contributed by atoms with E-state index in [9.17, 15) is 18.0 Å². The average molecular weight is 414 g/mol. The molecular formula is C20H29F3N4O2. The standard InChI is InChI=1S/C20H29F3N4O2/c21-20(22,23)16-29-13-6-19(28)27-8-3-4-17(15-27)14-25-9-11-26(12-10-25)18-5-1-2-7-24-18/h1-2,5,7,17H,3-4,6,8-16H2. The van der Waals surface area contributed by atoms with E-state index in [0.717, 1.165) is 51.4 Å². The van der Waals surface area contributed by atoms with Crippen LogP contribution in [0, 0.1) is 5.92 Å². The first-order valence-electron chi connectivity index (χ1n) is 10.2. The lowest BCUT2D eigenvalue weighted by Crippen LogP contribution is -2.50. The van der Waals surface area contributed by atoms with E-state index < -0.39 is 12.8 Å². The molecule has 0 spiro atoms. The number of halogens is 3. The molecule has 2 fully saturated rings. The number of piperidine rings is 1. The Bertz CT molecular complexity index is 636. The molecule has 6 nitrogen and oxygen atoms in total. The number of pyridine rings is 1. The highest BCUT2D eigenvalue weighted by molar-refractivity contribution is 5.76. The molecular weight excluding hydrogens is 385 g/mol. The molecule has 1 amide bonds. The summed E-state index contributed by atoms with van der Waals surface area (Å²) in [6.07, 6.45) is -0.516. The zero-order valence-corrected chi connectivity index (χ0v) is 16.6. The normalized spacial score (nSPS) is 21.4. The maximum absolute atomic E-state index is 12.3. The molecule has 0 aromatic carbocycles. The van der Waals surface area contributed by atoms with Gasteiger partial charge in [-0.15, -0.1) is 0 Å². The van der Waals surface area contributed by atoms with E-state index in [4.69, 9.17) is 0 Å². The van der Waals surface area contributed by atoms with E-state index in [2.05, 4.69) is 19.5 Å². The van der Waals surface area contributed by atoms with Crippen LogP contribution in [-0.4, -0.2) is 85.9 Å². The third kappa shape index (κ3) is 7.15. The maximum atomic E-state index is 12.3. The summed E-state index contributed by atoms with van der Waals surface area (Å²) in [6.45, 7) is 4.62. The smallest absolute Gasteiger partial charge is 0.372 e. The molecule has 1 unspecified atom stereocenters. The van der Waals surface area contributed by atoms with Crippen LogP contribution in [0.15, 0.2) is 24.4 Å². The topological polar surface area (TPSA) is 48.9 Å². The molecule has 2 aliphatic rings. The van der Waals surface area contributed by atoms with E-state index in [1.54, 1.807) is 4.90 Å². The first-order valence-corrected chi connectivity index (χ1v) is 10.2. The highest BCUT2D eigenvalue weighted by Gasteiger charge is 2.29. The fraction of sp³-hybridized carbons (Fsp3) is 0.700. The maximum Gasteiger partial charge on any atom is 0.411 e. The molecule has 29 heavy (non-hydrogen) atoms. The van der Waals surface area contributed by atoms with Gasteiger partial charge in [-0.3, -0.25) is 9.69 Å². The van der Waals surface area contributed by atoms with Crippen LogP contribution in [-0.2, 0) is 9.53 Å². The van der Waals surface area contributed by atoms with Crippen molar-refractivity contribution in [1.82, 2.24) is 14.8 Å². The van der Waals surface area contributed by atoms with E-state index >= 15 is 0 Å². The molecule has 0 radical (unpaired) electrons. The molecule has 0 saturated carbocycles. The van der Waals surface area contributed by atoms with Gasteiger partial charge in [-0.2, -0.15) is 13.2 Å². The second kappa shape index (κ2) is 10.2. The van der Waals surface area contributed by atoms with Gasteiger partial charge in [0.05, 0.1) is 13.0 Å². The summed E-state index contributed by atoms with van der Waals surface area (Å²) in [5, 5.41) is 0. The Morgan fingerprint density at radius 1 is 1.17 bits per heavy atom. The highest BCUT2D eigenvalue weighted by Crippen LogP contribution is 2.20. The van der Waals surface area contributed by atoms with Crippen molar-refractivity contribution in [1.29, 1.82) is 0 Å². The van der Waals surface area contributed by atoms with Gasteiger partial charge in [0.1, 0.15) is 12.4 Å². The third-order valence-electron chi connectivity index (χ3n) is 5.46. The van der Waals surface area contributed by atoms with Crippen molar-refractivity contribution < 1.29 is 22.7 Å². The van der Waals surface area contributed by atoms with Crippen LogP contribution >= 0.6 is 0 Å². The SMILES string of the molecule is O=C(CCOCC(F)(F)F)N1CCCC(CN2CCN(c3ccccn3)CC2)C1. The van der Waals surface area contributed by atoms with Crippen molar-refractivity contribution in [2.75, 3.05) is 63.9 Å². The molecule has 1 aromatic rings. The molecule has 9 heteroatoms. The number of likely N-dealkylation sites (tertiary alicyclic amines) is 1. The average Bonchev–Trinajstić information content (AvgIpc) is 2.72. The second-order valence-electron chi connectivity index (χ2n) is 7.74. The summed E-state index contributed by atoms with van der Waals surface area (Å²) < 4.78 is 40.9. The number of nitrogens with zero attached hydrogens (tertiary/aromatic N) is 4. The van der Waals surface area contributed by atoms with Crippen molar-refractivity contribution >= 4 is 11.7 Å². The molecule has 2 aliphatic heterocycles. The van der Waals surface area contributed by atoms with Gasteiger partial charge in [-0.1, -0.05) is 6.07 Å². The number of hydrogen-bond donors (Lipinski definition) is 0. The molecule has 3 heterocycles. The molecule has 0 aliphatic carbocycles. The zero-order chi connectivity index (χ0) is 20.7. The van der Waals surface area contributed by atoms with Gasteiger partial charge >= 0.3 is 6.18 Å². The van der Waals surface area contributed by atoms with Crippen LogP contribution in [0.25, 0.3) is 0 Å². The van der Waals surface area contributed by atoms with Gasteiger partial charge in [-0.25, -0.2) is 4.98 Å². The number of ether oxygens (including phenoxy) is 1. The Balaban J connectivity index is 1.37. The number of carbonyl (C=O) groups excluding carboxylic acids is 1. The summed E-state index contributed by atoms with van der Waals surface area (Å²) in [5.41, 5.74) is 0. The van der Waals surface area contributed by atoms with Crippen molar-refractivity contribution in [3.8, 4) is 0 Å². The number of aromatic nitrogens is 1. The molecule has 0 N–H and O–H groups in total. The molecule has 1 aromatic heterocycles. The molecule has 0 bridgehead atoms. The fourth-order valence-electron chi connectivity index (χ4n) is 4.01. The minimum atomic E-state index is -4.35. The fourth-order valence-corrected chi connectivity index (χ4v) is 4.01. The minimum absolute atomic E-state index is 0.00551. The molecule has 1 atom stereocenters. The number of piperazine rings is 1.